The van der Waals surface area contributed by atoms with E-state index in [9.17, 15) is 4.79 Å². The number of aryl methyl sites for hydroxylation is 1. The van der Waals surface area contributed by atoms with Gasteiger partial charge in [0, 0.05) is 6.42 Å². The van der Waals surface area contributed by atoms with Crippen LogP contribution in [0.15, 0.2) is 23.0 Å². The fraction of sp³-hybridized carbons (Fsp3) is 0.522. The third-order valence-corrected chi connectivity index (χ3v) is 5.72. The molecule has 160 valence electrons. The molecule has 3 heterocycles. The van der Waals surface area contributed by atoms with Gasteiger partial charge in [0.15, 0.2) is 17.1 Å². The maximum absolute atomic E-state index is 12.9. The molecule has 0 amide bonds. The van der Waals surface area contributed by atoms with Gasteiger partial charge in [0.25, 0.3) is 5.56 Å². The van der Waals surface area contributed by atoms with Crippen LogP contribution in [0.4, 0.5) is 0 Å². The van der Waals surface area contributed by atoms with Gasteiger partial charge in [-0.05, 0) is 37.5 Å². The summed E-state index contributed by atoms with van der Waals surface area (Å²) in [5, 5.41) is 5.38. The molecule has 1 N–H and O–H groups in total. The molecule has 2 aromatic heterocycles. The lowest BCUT2D eigenvalue weighted by atomic mass is 10.1. The summed E-state index contributed by atoms with van der Waals surface area (Å²) >= 11 is 0. The number of ether oxygens (including phenoxy) is 2. The Bertz CT molecular complexity index is 1090. The van der Waals surface area contributed by atoms with Crippen LogP contribution < -0.4 is 15.0 Å². The Kier molecular flexibility index (Phi) is 6.06. The van der Waals surface area contributed by atoms with Crippen molar-refractivity contribution >= 4 is 11.0 Å². The number of unbranched alkanes of at least 4 members (excludes halogenated alkanes) is 3. The molecule has 0 bridgehead atoms. The highest BCUT2D eigenvalue weighted by Gasteiger charge is 2.20. The van der Waals surface area contributed by atoms with Crippen molar-refractivity contribution in [1.29, 1.82) is 0 Å². The quantitative estimate of drug-likeness (QED) is 0.524. The molecule has 0 aliphatic carbocycles. The van der Waals surface area contributed by atoms with Crippen LogP contribution in [-0.4, -0.2) is 26.5 Å². The fourth-order valence-corrected chi connectivity index (χ4v) is 4.03. The average molecular weight is 411 g/mol. The van der Waals surface area contributed by atoms with Crippen molar-refractivity contribution in [3.63, 3.8) is 0 Å². The molecule has 7 heteroatoms. The second-order valence-electron chi connectivity index (χ2n) is 8.02. The second-order valence-corrected chi connectivity index (χ2v) is 8.02. The molecule has 7 nitrogen and oxygen atoms in total. The Morgan fingerprint density at radius 1 is 1.17 bits per heavy atom. The number of aromatic nitrogens is 4. The molecular formula is C23H30N4O3. The van der Waals surface area contributed by atoms with E-state index in [1.54, 1.807) is 0 Å². The summed E-state index contributed by atoms with van der Waals surface area (Å²) in [5.74, 6) is 2.11. The molecule has 0 spiro atoms. The van der Waals surface area contributed by atoms with Gasteiger partial charge in [-0.2, -0.15) is 5.10 Å². The van der Waals surface area contributed by atoms with Gasteiger partial charge in [0.2, 0.25) is 6.79 Å². The highest BCUT2D eigenvalue weighted by molar-refractivity contribution is 5.77. The van der Waals surface area contributed by atoms with Gasteiger partial charge in [-0.15, -0.1) is 0 Å². The van der Waals surface area contributed by atoms with Crippen molar-refractivity contribution in [2.24, 2.45) is 0 Å². The zero-order chi connectivity index (χ0) is 21.1. The van der Waals surface area contributed by atoms with Crippen molar-refractivity contribution in [2.75, 3.05) is 6.79 Å². The number of aromatic amines is 1. The fourth-order valence-electron chi connectivity index (χ4n) is 4.03. The van der Waals surface area contributed by atoms with Gasteiger partial charge in [-0.25, -0.2) is 9.67 Å². The van der Waals surface area contributed by atoms with Crippen LogP contribution in [0.1, 0.15) is 76.0 Å². The maximum atomic E-state index is 12.9. The number of hydrogen-bond donors (Lipinski definition) is 1. The number of rotatable bonds is 9. The van der Waals surface area contributed by atoms with Crippen LogP contribution >= 0.6 is 0 Å². The summed E-state index contributed by atoms with van der Waals surface area (Å²) in [7, 11) is 0. The Balaban J connectivity index is 1.64. The van der Waals surface area contributed by atoms with E-state index in [2.05, 4.69) is 18.8 Å². The molecule has 3 aromatic rings. The van der Waals surface area contributed by atoms with Crippen molar-refractivity contribution in [1.82, 2.24) is 19.7 Å². The number of hydrogen-bond acceptors (Lipinski definition) is 5. The molecule has 1 unspecified atom stereocenters. The average Bonchev–Trinajstić information content (AvgIpc) is 3.35. The van der Waals surface area contributed by atoms with Crippen LogP contribution in [0.2, 0.25) is 0 Å². The predicted molar refractivity (Wildman–Crippen MR) is 116 cm³/mol. The number of fused-ring (bicyclic) bond motifs is 2. The number of nitrogens with one attached hydrogen (secondary N) is 1. The highest BCUT2D eigenvalue weighted by Crippen LogP contribution is 2.33. The summed E-state index contributed by atoms with van der Waals surface area (Å²) in [6.07, 6.45) is 7.11. The lowest BCUT2D eigenvalue weighted by Crippen LogP contribution is -2.15. The van der Waals surface area contributed by atoms with Gasteiger partial charge in [0.1, 0.15) is 11.2 Å². The molecule has 0 saturated carbocycles. The largest absolute Gasteiger partial charge is 0.454 e. The monoisotopic (exact) mass is 410 g/mol. The van der Waals surface area contributed by atoms with Crippen molar-refractivity contribution < 1.29 is 9.47 Å². The minimum Gasteiger partial charge on any atom is -0.454 e. The molecule has 1 aromatic carbocycles. The molecule has 1 atom stereocenters. The van der Waals surface area contributed by atoms with Gasteiger partial charge in [-0.3, -0.25) is 4.79 Å². The van der Waals surface area contributed by atoms with E-state index in [0.717, 1.165) is 35.6 Å². The van der Waals surface area contributed by atoms with Crippen LogP contribution in [0.5, 0.6) is 11.5 Å². The second kappa shape index (κ2) is 8.90. The van der Waals surface area contributed by atoms with E-state index in [-0.39, 0.29) is 18.4 Å². The molecule has 1 aliphatic rings. The number of H-pyrrole nitrogens is 1. The Morgan fingerprint density at radius 3 is 2.80 bits per heavy atom. The first-order chi connectivity index (χ1) is 14.6. The molecule has 0 fully saturated rings. The predicted octanol–water partition coefficient (Wildman–Crippen LogP) is 4.53. The van der Waals surface area contributed by atoms with Gasteiger partial charge >= 0.3 is 0 Å². The minimum absolute atomic E-state index is 0.114. The molecular weight excluding hydrogens is 380 g/mol. The number of nitrogens with zero attached hydrogens (tertiary/aromatic N) is 3. The summed E-state index contributed by atoms with van der Waals surface area (Å²) < 4.78 is 12.8. The normalized spacial score (nSPS) is 13.8. The first-order valence-corrected chi connectivity index (χ1v) is 11.0. The van der Waals surface area contributed by atoms with E-state index in [0.29, 0.717) is 29.7 Å². The SMILES string of the molecule is CCCCCCC(C)n1nc(CC)c2c(=O)[nH]c(Cc3ccc4c(c3)OCO4)nc21. The summed E-state index contributed by atoms with van der Waals surface area (Å²) in [4.78, 5) is 20.7. The highest BCUT2D eigenvalue weighted by atomic mass is 16.7. The topological polar surface area (TPSA) is 82.0 Å². The Labute approximate surface area is 176 Å². The van der Waals surface area contributed by atoms with E-state index in [4.69, 9.17) is 19.6 Å². The maximum Gasteiger partial charge on any atom is 0.262 e. The molecule has 0 saturated heterocycles. The van der Waals surface area contributed by atoms with E-state index in [1.807, 2.05) is 29.8 Å². The summed E-state index contributed by atoms with van der Waals surface area (Å²) in [6.45, 7) is 6.65. The van der Waals surface area contributed by atoms with Crippen molar-refractivity contribution in [2.45, 2.75) is 71.8 Å². The zero-order valence-corrected chi connectivity index (χ0v) is 18.0. The van der Waals surface area contributed by atoms with E-state index >= 15 is 0 Å². The van der Waals surface area contributed by atoms with Gasteiger partial charge in [0.05, 0.1) is 11.7 Å². The van der Waals surface area contributed by atoms with Gasteiger partial charge in [-0.1, -0.05) is 45.6 Å². The Hall–Kier alpha value is -2.83. The van der Waals surface area contributed by atoms with Crippen molar-refractivity contribution in [3.05, 3.63) is 45.6 Å². The molecule has 4 rings (SSSR count). The van der Waals surface area contributed by atoms with Crippen LogP contribution in [0.3, 0.4) is 0 Å². The molecule has 0 radical (unpaired) electrons. The lowest BCUT2D eigenvalue weighted by molar-refractivity contribution is 0.174. The van der Waals surface area contributed by atoms with E-state index in [1.165, 1.54) is 19.3 Å². The van der Waals surface area contributed by atoms with Crippen molar-refractivity contribution in [3.8, 4) is 11.5 Å². The molecule has 1 aliphatic heterocycles. The standard InChI is InChI=1S/C23H30N4O3/c1-4-6-7-8-9-15(3)27-22-21(17(5-2)26-27)23(28)25-20(24-22)13-16-10-11-18-19(12-16)30-14-29-18/h10-12,15H,4-9,13-14H2,1-3H3,(H,24,25,28). The van der Waals surface area contributed by atoms with E-state index < -0.39 is 0 Å². The van der Waals surface area contributed by atoms with Gasteiger partial charge < -0.3 is 14.5 Å². The van der Waals surface area contributed by atoms with Crippen LogP contribution in [0.25, 0.3) is 11.0 Å². The first-order valence-electron chi connectivity index (χ1n) is 11.0. The van der Waals surface area contributed by atoms with Crippen LogP contribution in [-0.2, 0) is 12.8 Å². The smallest absolute Gasteiger partial charge is 0.262 e. The van der Waals surface area contributed by atoms with Crippen LogP contribution in [0, 0.1) is 0 Å². The summed E-state index contributed by atoms with van der Waals surface area (Å²) in [5.41, 5.74) is 2.40. The molecule has 30 heavy (non-hydrogen) atoms. The minimum atomic E-state index is -0.114. The number of benzene rings is 1. The third kappa shape index (κ3) is 4.06. The zero-order valence-electron chi connectivity index (χ0n) is 18.0. The summed E-state index contributed by atoms with van der Waals surface area (Å²) in [6, 6.07) is 6.02. The first kappa shape index (κ1) is 20.4. The Morgan fingerprint density at radius 2 is 2.00 bits per heavy atom. The lowest BCUT2D eigenvalue weighted by Gasteiger charge is -2.13. The third-order valence-electron chi connectivity index (χ3n) is 5.72.